The molecule has 0 atom stereocenters. The van der Waals surface area contributed by atoms with Crippen LogP contribution in [0.3, 0.4) is 0 Å². The van der Waals surface area contributed by atoms with Crippen molar-refractivity contribution in [3.8, 4) is 16.6 Å². The molecule has 1 aromatic carbocycles. The van der Waals surface area contributed by atoms with E-state index in [1.165, 1.54) is 23.6 Å². The molecule has 0 aliphatic rings. The minimum Gasteiger partial charge on any atom is -0.323 e. The van der Waals surface area contributed by atoms with E-state index in [1.807, 2.05) is 29.6 Å². The maximum absolute atomic E-state index is 12.2. The average Bonchev–Trinajstić information content (AvgIpc) is 3.05. The summed E-state index contributed by atoms with van der Waals surface area (Å²) in [5, 5.41) is 14.8. The van der Waals surface area contributed by atoms with E-state index in [2.05, 4.69) is 15.3 Å². The molecule has 0 saturated carbocycles. The van der Waals surface area contributed by atoms with E-state index >= 15 is 0 Å². The lowest BCUT2D eigenvalue weighted by molar-refractivity contribution is -0.115. The largest absolute Gasteiger partial charge is 0.323 e. The summed E-state index contributed by atoms with van der Waals surface area (Å²) in [6.07, 6.45) is 1.42. The number of halogens is 2. The summed E-state index contributed by atoms with van der Waals surface area (Å²) in [6, 6.07) is 10.8. The predicted octanol–water partition coefficient (Wildman–Crippen LogP) is 4.56. The van der Waals surface area contributed by atoms with Crippen molar-refractivity contribution in [1.82, 2.24) is 9.97 Å². The first-order valence-electron chi connectivity index (χ1n) is 7.11. The second-order valence-electron chi connectivity index (χ2n) is 5.02. The molecule has 124 valence electrons. The maximum atomic E-state index is 12.2. The van der Waals surface area contributed by atoms with Gasteiger partial charge in [0.25, 0.3) is 0 Å². The molecular formula is C17H10Cl2N4OS. The van der Waals surface area contributed by atoms with Crippen LogP contribution in [-0.2, 0) is 11.2 Å². The summed E-state index contributed by atoms with van der Waals surface area (Å²) in [6.45, 7) is 0. The van der Waals surface area contributed by atoms with E-state index in [9.17, 15) is 4.79 Å². The first-order chi connectivity index (χ1) is 12.1. The lowest BCUT2D eigenvalue weighted by Gasteiger charge is -2.05. The van der Waals surface area contributed by atoms with Crippen LogP contribution in [0.2, 0.25) is 10.2 Å². The van der Waals surface area contributed by atoms with Crippen molar-refractivity contribution in [3.63, 3.8) is 0 Å². The molecule has 5 nitrogen and oxygen atoms in total. The molecule has 0 aliphatic carbocycles. The van der Waals surface area contributed by atoms with Gasteiger partial charge in [-0.2, -0.15) is 5.26 Å². The molecule has 0 saturated heterocycles. The highest BCUT2D eigenvalue weighted by Crippen LogP contribution is 2.30. The third-order valence-corrected chi connectivity index (χ3v) is 4.80. The summed E-state index contributed by atoms with van der Waals surface area (Å²) in [7, 11) is 0. The van der Waals surface area contributed by atoms with E-state index in [-0.39, 0.29) is 17.5 Å². The number of hydrogen-bond donors (Lipinski definition) is 1. The Bertz CT molecular complexity index is 981. The zero-order valence-corrected chi connectivity index (χ0v) is 15.0. The second kappa shape index (κ2) is 7.62. The molecule has 3 rings (SSSR count). The van der Waals surface area contributed by atoms with Gasteiger partial charge in [-0.15, -0.1) is 11.3 Å². The molecule has 0 bridgehead atoms. The molecule has 25 heavy (non-hydrogen) atoms. The van der Waals surface area contributed by atoms with E-state index < -0.39 is 0 Å². The lowest BCUT2D eigenvalue weighted by atomic mass is 10.2. The Balaban J connectivity index is 1.72. The normalized spacial score (nSPS) is 10.3. The molecule has 1 amide bonds. The fraction of sp³-hybridized carbons (Fsp3) is 0.0588. The molecule has 0 spiro atoms. The van der Waals surface area contributed by atoms with Gasteiger partial charge in [0.15, 0.2) is 5.15 Å². The number of aromatic nitrogens is 2. The predicted molar refractivity (Wildman–Crippen MR) is 98.9 cm³/mol. The summed E-state index contributed by atoms with van der Waals surface area (Å²) in [5.74, 6) is -0.296. The van der Waals surface area contributed by atoms with Gasteiger partial charge in [0.05, 0.1) is 28.4 Å². The number of carbonyl (C=O) groups excluding carboxylic acids is 1. The highest BCUT2D eigenvalue weighted by Gasteiger charge is 2.13. The monoisotopic (exact) mass is 388 g/mol. The first kappa shape index (κ1) is 17.4. The van der Waals surface area contributed by atoms with Crippen LogP contribution in [-0.4, -0.2) is 15.9 Å². The Kier molecular flexibility index (Phi) is 5.29. The van der Waals surface area contributed by atoms with Crippen LogP contribution in [0.25, 0.3) is 10.6 Å². The van der Waals surface area contributed by atoms with Crippen LogP contribution in [0.1, 0.15) is 11.3 Å². The number of carbonyl (C=O) groups is 1. The third kappa shape index (κ3) is 4.15. The van der Waals surface area contributed by atoms with Gasteiger partial charge in [-0.3, -0.25) is 4.79 Å². The van der Waals surface area contributed by atoms with Gasteiger partial charge in [0.1, 0.15) is 11.1 Å². The van der Waals surface area contributed by atoms with Gasteiger partial charge in [-0.05, 0) is 12.1 Å². The van der Waals surface area contributed by atoms with Crippen molar-refractivity contribution in [3.05, 3.63) is 63.3 Å². The van der Waals surface area contributed by atoms with Crippen molar-refractivity contribution in [1.29, 1.82) is 5.26 Å². The SMILES string of the molecule is N#Cc1cnc(Cl)c(NC(=O)Cc2csc(-c3ccccc3Cl)n2)c1. The van der Waals surface area contributed by atoms with E-state index in [4.69, 9.17) is 28.5 Å². The number of thiazole rings is 1. The molecule has 0 unspecified atom stereocenters. The van der Waals surface area contributed by atoms with Crippen molar-refractivity contribution in [2.24, 2.45) is 0 Å². The molecule has 0 fully saturated rings. The number of rotatable bonds is 4. The molecule has 2 heterocycles. The highest BCUT2D eigenvalue weighted by atomic mass is 35.5. The Labute approximate surface area is 157 Å². The molecule has 1 N–H and O–H groups in total. The summed E-state index contributed by atoms with van der Waals surface area (Å²) >= 11 is 13.5. The molecular weight excluding hydrogens is 379 g/mol. The van der Waals surface area contributed by atoms with Crippen molar-refractivity contribution in [2.75, 3.05) is 5.32 Å². The van der Waals surface area contributed by atoms with Crippen LogP contribution >= 0.6 is 34.5 Å². The van der Waals surface area contributed by atoms with Crippen molar-refractivity contribution < 1.29 is 4.79 Å². The number of nitriles is 1. The number of nitrogens with zero attached hydrogens (tertiary/aromatic N) is 3. The van der Waals surface area contributed by atoms with Gasteiger partial charge in [0.2, 0.25) is 5.91 Å². The number of amides is 1. The van der Waals surface area contributed by atoms with Gasteiger partial charge in [-0.1, -0.05) is 41.4 Å². The molecule has 0 radical (unpaired) electrons. The Morgan fingerprint density at radius 3 is 2.88 bits per heavy atom. The smallest absolute Gasteiger partial charge is 0.230 e. The Morgan fingerprint density at radius 1 is 1.32 bits per heavy atom. The average molecular weight is 389 g/mol. The van der Waals surface area contributed by atoms with Crippen LogP contribution in [0, 0.1) is 11.3 Å². The minimum atomic E-state index is -0.296. The zero-order valence-electron chi connectivity index (χ0n) is 12.7. The van der Waals surface area contributed by atoms with Gasteiger partial charge < -0.3 is 5.32 Å². The van der Waals surface area contributed by atoms with E-state index in [0.29, 0.717) is 22.0 Å². The van der Waals surface area contributed by atoms with Gasteiger partial charge in [0, 0.05) is 17.1 Å². The van der Waals surface area contributed by atoms with Crippen LogP contribution in [0.4, 0.5) is 5.69 Å². The van der Waals surface area contributed by atoms with Crippen LogP contribution in [0.15, 0.2) is 41.9 Å². The fourth-order valence-corrected chi connectivity index (χ4v) is 3.39. The van der Waals surface area contributed by atoms with Gasteiger partial charge in [-0.25, -0.2) is 9.97 Å². The summed E-state index contributed by atoms with van der Waals surface area (Å²) in [4.78, 5) is 20.5. The highest BCUT2D eigenvalue weighted by molar-refractivity contribution is 7.13. The fourth-order valence-electron chi connectivity index (χ4n) is 2.10. The number of pyridine rings is 1. The number of benzene rings is 1. The number of hydrogen-bond acceptors (Lipinski definition) is 5. The first-order valence-corrected chi connectivity index (χ1v) is 8.75. The van der Waals surface area contributed by atoms with Gasteiger partial charge >= 0.3 is 0 Å². The Hall–Kier alpha value is -2.46. The molecule has 0 aliphatic heterocycles. The number of nitrogens with one attached hydrogen (secondary N) is 1. The molecule has 2 aromatic heterocycles. The van der Waals surface area contributed by atoms with Crippen LogP contribution in [0.5, 0.6) is 0 Å². The molecule has 3 aromatic rings. The second-order valence-corrected chi connectivity index (χ2v) is 6.65. The van der Waals surface area contributed by atoms with E-state index in [1.54, 1.807) is 6.07 Å². The Morgan fingerprint density at radius 2 is 2.12 bits per heavy atom. The molecule has 8 heteroatoms. The standard InChI is InChI=1S/C17H10Cl2N4OS/c18-13-4-2-1-3-12(13)17-22-11(9-25-17)6-15(24)23-14-5-10(7-20)8-21-16(14)19/h1-5,8-9H,6H2,(H,23,24). The lowest BCUT2D eigenvalue weighted by Crippen LogP contribution is -2.15. The minimum absolute atomic E-state index is 0.0774. The van der Waals surface area contributed by atoms with Crippen molar-refractivity contribution >= 4 is 46.1 Å². The third-order valence-electron chi connectivity index (χ3n) is 3.24. The quantitative estimate of drug-likeness (QED) is 0.664. The van der Waals surface area contributed by atoms with E-state index in [0.717, 1.165) is 10.6 Å². The maximum Gasteiger partial charge on any atom is 0.230 e. The van der Waals surface area contributed by atoms with Crippen LogP contribution < -0.4 is 5.32 Å². The topological polar surface area (TPSA) is 78.7 Å². The summed E-state index contributed by atoms with van der Waals surface area (Å²) in [5.41, 5.74) is 2.06. The zero-order chi connectivity index (χ0) is 17.8. The van der Waals surface area contributed by atoms with Crippen molar-refractivity contribution in [2.45, 2.75) is 6.42 Å². The number of anilines is 1. The summed E-state index contributed by atoms with van der Waals surface area (Å²) < 4.78 is 0.